The van der Waals surface area contributed by atoms with Crippen molar-refractivity contribution in [2.75, 3.05) is 5.73 Å². The van der Waals surface area contributed by atoms with Crippen LogP contribution in [0.25, 0.3) is 0 Å². The van der Waals surface area contributed by atoms with E-state index in [1.165, 1.54) is 11.3 Å². The minimum absolute atomic E-state index is 0.139. The highest BCUT2D eigenvalue weighted by Gasteiger charge is 2.31. The van der Waals surface area contributed by atoms with E-state index in [0.717, 1.165) is 18.4 Å². The monoisotopic (exact) mass is 285 g/mol. The number of nitrogens with one attached hydrogen (secondary N) is 1. The van der Waals surface area contributed by atoms with Crippen molar-refractivity contribution in [3.05, 3.63) is 35.5 Å². The standard InChI is InChI=1S/C14H15N5S/c15-12-4-3-10(7-18-12)11(13(16)9-1-2-9)8-19-14-17-5-6-20-14/h3-9,11,16H,1-2H2,(H2,15,18). The van der Waals surface area contributed by atoms with Gasteiger partial charge >= 0.3 is 0 Å². The number of hydrogen-bond donors (Lipinski definition) is 2. The predicted molar refractivity (Wildman–Crippen MR) is 82.1 cm³/mol. The van der Waals surface area contributed by atoms with Crippen LogP contribution in [0.2, 0.25) is 0 Å². The van der Waals surface area contributed by atoms with Crippen molar-refractivity contribution >= 4 is 34.2 Å². The molecule has 2 aromatic heterocycles. The normalized spacial score (nSPS) is 16.4. The Morgan fingerprint density at radius 1 is 1.45 bits per heavy atom. The Labute approximate surface area is 121 Å². The van der Waals surface area contributed by atoms with Crippen molar-refractivity contribution in [2.24, 2.45) is 10.9 Å². The van der Waals surface area contributed by atoms with Crippen LogP contribution in [0, 0.1) is 11.3 Å². The first-order chi connectivity index (χ1) is 9.74. The van der Waals surface area contributed by atoms with Gasteiger partial charge in [0, 0.05) is 29.7 Å². The molecule has 1 atom stereocenters. The van der Waals surface area contributed by atoms with E-state index in [2.05, 4.69) is 15.0 Å². The fourth-order valence-electron chi connectivity index (χ4n) is 2.01. The maximum atomic E-state index is 8.32. The minimum Gasteiger partial charge on any atom is -0.384 e. The number of aromatic nitrogens is 2. The summed E-state index contributed by atoms with van der Waals surface area (Å²) in [6.07, 6.45) is 7.45. The van der Waals surface area contributed by atoms with Gasteiger partial charge < -0.3 is 11.1 Å². The zero-order valence-electron chi connectivity index (χ0n) is 10.9. The van der Waals surface area contributed by atoms with Crippen molar-refractivity contribution in [2.45, 2.75) is 18.8 Å². The third-order valence-electron chi connectivity index (χ3n) is 3.27. The summed E-state index contributed by atoms with van der Waals surface area (Å²) in [7, 11) is 0. The molecule has 1 unspecified atom stereocenters. The first-order valence-electron chi connectivity index (χ1n) is 6.47. The molecule has 0 bridgehead atoms. The van der Waals surface area contributed by atoms with Crippen LogP contribution in [0.3, 0.4) is 0 Å². The van der Waals surface area contributed by atoms with Crippen molar-refractivity contribution in [3.63, 3.8) is 0 Å². The fraction of sp³-hybridized carbons (Fsp3) is 0.286. The molecule has 1 saturated carbocycles. The summed E-state index contributed by atoms with van der Waals surface area (Å²) in [6.45, 7) is 0. The second-order valence-electron chi connectivity index (χ2n) is 4.82. The van der Waals surface area contributed by atoms with Crippen LogP contribution < -0.4 is 5.73 Å². The second kappa shape index (κ2) is 5.50. The van der Waals surface area contributed by atoms with E-state index in [-0.39, 0.29) is 5.92 Å². The summed E-state index contributed by atoms with van der Waals surface area (Å²) in [5.41, 5.74) is 7.28. The molecule has 3 rings (SSSR count). The highest BCUT2D eigenvalue weighted by molar-refractivity contribution is 7.13. The van der Waals surface area contributed by atoms with Gasteiger partial charge in [0.15, 0.2) is 0 Å². The number of nitrogens with zero attached hydrogens (tertiary/aromatic N) is 3. The number of hydrogen-bond acceptors (Lipinski definition) is 6. The van der Waals surface area contributed by atoms with E-state index in [1.807, 2.05) is 11.4 Å². The average molecular weight is 285 g/mol. The Hall–Kier alpha value is -2.08. The molecule has 0 aliphatic heterocycles. The van der Waals surface area contributed by atoms with Gasteiger partial charge in [-0.25, -0.2) is 15.0 Å². The first-order valence-corrected chi connectivity index (χ1v) is 7.35. The summed E-state index contributed by atoms with van der Waals surface area (Å²) in [6, 6.07) is 3.68. The Morgan fingerprint density at radius 2 is 2.30 bits per heavy atom. The molecular weight excluding hydrogens is 270 g/mol. The topological polar surface area (TPSA) is 88.0 Å². The molecule has 1 aliphatic carbocycles. The molecule has 0 saturated heterocycles. The number of nitrogens with two attached hydrogens (primary N) is 1. The lowest BCUT2D eigenvalue weighted by Crippen LogP contribution is -2.15. The summed E-state index contributed by atoms with van der Waals surface area (Å²) in [4.78, 5) is 12.6. The van der Waals surface area contributed by atoms with E-state index < -0.39 is 0 Å². The van der Waals surface area contributed by atoms with Crippen molar-refractivity contribution in [3.8, 4) is 0 Å². The zero-order chi connectivity index (χ0) is 13.9. The molecule has 2 aromatic rings. The smallest absolute Gasteiger partial charge is 0.208 e. The lowest BCUT2D eigenvalue weighted by molar-refractivity contribution is 1.04. The minimum atomic E-state index is -0.139. The maximum absolute atomic E-state index is 8.32. The summed E-state index contributed by atoms with van der Waals surface area (Å²) < 4.78 is 0. The van der Waals surface area contributed by atoms with Gasteiger partial charge in [-0.15, -0.1) is 11.3 Å². The first kappa shape index (κ1) is 12.9. The number of pyridine rings is 1. The Bertz CT molecular complexity index is 614. The SMILES string of the molecule is N=C(C1CC1)C(C=Nc1nccs1)c1ccc(N)nc1. The molecule has 20 heavy (non-hydrogen) atoms. The largest absolute Gasteiger partial charge is 0.384 e. The molecule has 3 N–H and O–H groups in total. The molecular formula is C14H15N5S. The van der Waals surface area contributed by atoms with E-state index in [1.54, 1.807) is 24.7 Å². The number of nitrogen functional groups attached to an aromatic ring is 1. The van der Waals surface area contributed by atoms with Gasteiger partial charge in [-0.3, -0.25) is 0 Å². The quantitative estimate of drug-likeness (QED) is 0.827. The lowest BCUT2D eigenvalue weighted by Gasteiger charge is -2.13. The number of aliphatic imine (C=N–C) groups is 1. The van der Waals surface area contributed by atoms with E-state index >= 15 is 0 Å². The molecule has 102 valence electrons. The molecule has 1 aliphatic rings. The van der Waals surface area contributed by atoms with Crippen molar-refractivity contribution < 1.29 is 0 Å². The third kappa shape index (κ3) is 2.91. The van der Waals surface area contributed by atoms with Crippen LogP contribution in [-0.2, 0) is 0 Å². The molecule has 6 heteroatoms. The van der Waals surface area contributed by atoms with Gasteiger partial charge in [0.05, 0.1) is 5.92 Å². The van der Waals surface area contributed by atoms with Crippen LogP contribution >= 0.6 is 11.3 Å². The predicted octanol–water partition coefficient (Wildman–Crippen LogP) is 3.04. The van der Waals surface area contributed by atoms with Gasteiger partial charge in [-0.2, -0.15) is 0 Å². The third-order valence-corrected chi connectivity index (χ3v) is 3.95. The summed E-state index contributed by atoms with van der Waals surface area (Å²) >= 11 is 1.48. The van der Waals surface area contributed by atoms with Gasteiger partial charge in [-0.1, -0.05) is 6.07 Å². The van der Waals surface area contributed by atoms with Crippen LogP contribution in [0.4, 0.5) is 10.9 Å². The van der Waals surface area contributed by atoms with Crippen LogP contribution in [0.1, 0.15) is 24.3 Å². The van der Waals surface area contributed by atoms with Crippen molar-refractivity contribution in [1.82, 2.24) is 9.97 Å². The van der Waals surface area contributed by atoms with Crippen molar-refractivity contribution in [1.29, 1.82) is 5.41 Å². The Kier molecular flexibility index (Phi) is 3.56. The molecule has 5 nitrogen and oxygen atoms in total. The number of thiazole rings is 1. The lowest BCUT2D eigenvalue weighted by atomic mass is 9.94. The molecule has 2 heterocycles. The molecule has 0 radical (unpaired) electrons. The average Bonchev–Trinajstić information content (AvgIpc) is 3.18. The fourth-order valence-corrected chi connectivity index (χ4v) is 2.50. The van der Waals surface area contributed by atoms with Gasteiger partial charge in [0.2, 0.25) is 5.13 Å². The number of anilines is 1. The van der Waals surface area contributed by atoms with Gasteiger partial charge in [0.25, 0.3) is 0 Å². The highest BCUT2D eigenvalue weighted by Crippen LogP contribution is 2.35. The molecule has 0 spiro atoms. The highest BCUT2D eigenvalue weighted by atomic mass is 32.1. The molecule has 1 fully saturated rings. The van der Waals surface area contributed by atoms with Crippen LogP contribution in [-0.4, -0.2) is 21.9 Å². The maximum Gasteiger partial charge on any atom is 0.208 e. The van der Waals surface area contributed by atoms with E-state index in [0.29, 0.717) is 22.6 Å². The van der Waals surface area contributed by atoms with Crippen LogP contribution in [0.5, 0.6) is 0 Å². The Morgan fingerprint density at radius 3 is 2.90 bits per heavy atom. The second-order valence-corrected chi connectivity index (χ2v) is 5.69. The van der Waals surface area contributed by atoms with Gasteiger partial charge in [0.1, 0.15) is 5.82 Å². The van der Waals surface area contributed by atoms with E-state index in [9.17, 15) is 0 Å². The number of rotatable bonds is 5. The summed E-state index contributed by atoms with van der Waals surface area (Å²) in [5, 5.41) is 10.9. The summed E-state index contributed by atoms with van der Waals surface area (Å²) in [5.74, 6) is 0.738. The van der Waals surface area contributed by atoms with Gasteiger partial charge in [-0.05, 0) is 30.4 Å². The molecule has 0 amide bonds. The Balaban J connectivity index is 1.87. The van der Waals surface area contributed by atoms with E-state index in [4.69, 9.17) is 11.1 Å². The zero-order valence-corrected chi connectivity index (χ0v) is 11.7. The van der Waals surface area contributed by atoms with Crippen LogP contribution in [0.15, 0.2) is 34.9 Å². The molecule has 0 aromatic carbocycles.